The molecular formula is C21H27N3O5S. The van der Waals surface area contributed by atoms with Crippen molar-refractivity contribution in [3.63, 3.8) is 0 Å². The lowest BCUT2D eigenvalue weighted by Crippen LogP contribution is -2.56. The second kappa shape index (κ2) is 8.33. The van der Waals surface area contributed by atoms with Gasteiger partial charge in [0.2, 0.25) is 10.0 Å². The molecule has 0 radical (unpaired) electrons. The second-order valence-electron chi connectivity index (χ2n) is 8.45. The minimum atomic E-state index is -3.75. The lowest BCUT2D eigenvalue weighted by Gasteiger charge is -2.40. The molecule has 0 amide bonds. The Morgan fingerprint density at radius 1 is 1.07 bits per heavy atom. The fourth-order valence-electron chi connectivity index (χ4n) is 3.59. The summed E-state index contributed by atoms with van der Waals surface area (Å²) in [4.78, 5) is 12.5. The third kappa shape index (κ3) is 4.48. The van der Waals surface area contributed by atoms with Crippen LogP contribution in [0.1, 0.15) is 26.3 Å². The van der Waals surface area contributed by atoms with Crippen molar-refractivity contribution in [3.8, 4) is 0 Å². The van der Waals surface area contributed by atoms with Crippen molar-refractivity contribution in [3.05, 3.63) is 64.2 Å². The lowest BCUT2D eigenvalue weighted by molar-refractivity contribution is -0.384. The van der Waals surface area contributed by atoms with Gasteiger partial charge in [0.1, 0.15) is 0 Å². The minimum Gasteiger partial charge on any atom is -0.395 e. The fourth-order valence-corrected chi connectivity index (χ4v) is 5.18. The molecule has 2 aromatic carbocycles. The van der Waals surface area contributed by atoms with Crippen molar-refractivity contribution < 1.29 is 18.4 Å². The second-order valence-corrected chi connectivity index (χ2v) is 10.3. The molecule has 3 rings (SSSR count). The van der Waals surface area contributed by atoms with E-state index in [0.717, 1.165) is 11.3 Å². The molecule has 162 valence electrons. The molecule has 1 saturated heterocycles. The van der Waals surface area contributed by atoms with E-state index in [9.17, 15) is 23.6 Å². The maximum atomic E-state index is 13.2. The molecule has 1 unspecified atom stereocenters. The van der Waals surface area contributed by atoms with Crippen LogP contribution in [0.4, 0.5) is 11.4 Å². The Morgan fingerprint density at radius 2 is 1.67 bits per heavy atom. The molecular weight excluding hydrogens is 406 g/mol. The summed E-state index contributed by atoms with van der Waals surface area (Å²) in [6, 6.07) is 12.4. The van der Waals surface area contributed by atoms with Gasteiger partial charge in [-0.1, -0.05) is 32.9 Å². The molecule has 1 fully saturated rings. The molecule has 9 heteroatoms. The van der Waals surface area contributed by atoms with E-state index >= 15 is 0 Å². The van der Waals surface area contributed by atoms with E-state index in [4.69, 9.17) is 0 Å². The molecule has 1 atom stereocenters. The number of nitrogens with zero attached hydrogens (tertiary/aromatic N) is 3. The van der Waals surface area contributed by atoms with Crippen LogP contribution in [0.2, 0.25) is 0 Å². The molecule has 0 spiro atoms. The highest BCUT2D eigenvalue weighted by Gasteiger charge is 2.36. The van der Waals surface area contributed by atoms with Crippen molar-refractivity contribution in [1.29, 1.82) is 0 Å². The summed E-state index contributed by atoms with van der Waals surface area (Å²) in [5, 5.41) is 20.7. The number of hydrogen-bond acceptors (Lipinski definition) is 6. The average Bonchev–Trinajstić information content (AvgIpc) is 2.72. The topological polar surface area (TPSA) is 104 Å². The first kappa shape index (κ1) is 22.2. The molecule has 0 saturated carbocycles. The first-order valence-corrected chi connectivity index (χ1v) is 11.2. The highest BCUT2D eigenvalue weighted by molar-refractivity contribution is 7.89. The van der Waals surface area contributed by atoms with E-state index < -0.39 is 21.0 Å². The quantitative estimate of drug-likeness (QED) is 0.574. The number of hydrogen-bond donors (Lipinski definition) is 1. The highest BCUT2D eigenvalue weighted by Crippen LogP contribution is 2.28. The normalized spacial score (nSPS) is 18.4. The Kier molecular flexibility index (Phi) is 6.16. The standard InChI is InChI=1S/C21H27N3O5S/c1-21(2,3)16-4-10-20(11-5-16)30(28,29)23-13-12-22(14-19(23)15-25)17-6-8-18(9-7-17)24(26)27/h4-11,19,25H,12-15H2,1-3H3. The maximum absolute atomic E-state index is 13.2. The zero-order valence-electron chi connectivity index (χ0n) is 17.4. The van der Waals surface area contributed by atoms with Crippen LogP contribution in [0.5, 0.6) is 0 Å². The van der Waals surface area contributed by atoms with Gasteiger partial charge in [0.05, 0.1) is 22.5 Å². The highest BCUT2D eigenvalue weighted by atomic mass is 32.2. The summed E-state index contributed by atoms with van der Waals surface area (Å²) in [6.45, 7) is 6.82. The average molecular weight is 434 g/mol. The Morgan fingerprint density at radius 3 is 2.17 bits per heavy atom. The molecule has 1 aliphatic rings. The number of rotatable bonds is 5. The Bertz CT molecular complexity index is 998. The number of aliphatic hydroxyl groups is 1. The summed E-state index contributed by atoms with van der Waals surface area (Å²) >= 11 is 0. The summed E-state index contributed by atoms with van der Waals surface area (Å²) < 4.78 is 27.8. The number of non-ortho nitro benzene ring substituents is 1. The van der Waals surface area contributed by atoms with Crippen molar-refractivity contribution in [2.75, 3.05) is 31.1 Å². The summed E-state index contributed by atoms with van der Waals surface area (Å²) in [7, 11) is -3.75. The smallest absolute Gasteiger partial charge is 0.269 e. The van der Waals surface area contributed by atoms with E-state index in [0.29, 0.717) is 13.1 Å². The van der Waals surface area contributed by atoms with Crippen LogP contribution < -0.4 is 4.90 Å². The number of nitro groups is 1. The lowest BCUT2D eigenvalue weighted by atomic mass is 9.87. The van der Waals surface area contributed by atoms with Crippen molar-refractivity contribution in [2.24, 2.45) is 0 Å². The van der Waals surface area contributed by atoms with Crippen LogP contribution in [-0.4, -0.2) is 55.0 Å². The maximum Gasteiger partial charge on any atom is 0.269 e. The molecule has 2 aromatic rings. The van der Waals surface area contributed by atoms with Crippen LogP contribution in [0, 0.1) is 10.1 Å². The molecule has 1 aliphatic heterocycles. The Balaban J connectivity index is 1.79. The largest absolute Gasteiger partial charge is 0.395 e. The van der Waals surface area contributed by atoms with Gasteiger partial charge in [0.25, 0.3) is 5.69 Å². The van der Waals surface area contributed by atoms with E-state index in [2.05, 4.69) is 20.8 Å². The third-order valence-corrected chi connectivity index (χ3v) is 7.36. The molecule has 0 aliphatic carbocycles. The Labute approximate surface area is 176 Å². The summed E-state index contributed by atoms with van der Waals surface area (Å²) in [6.07, 6.45) is 0. The van der Waals surface area contributed by atoms with E-state index in [1.165, 1.54) is 16.4 Å². The fraction of sp³-hybridized carbons (Fsp3) is 0.429. The number of piperazine rings is 1. The minimum absolute atomic E-state index is 0.00243. The first-order valence-electron chi connectivity index (χ1n) is 9.76. The number of benzene rings is 2. The SMILES string of the molecule is CC(C)(C)c1ccc(S(=O)(=O)N2CCN(c3ccc([N+](=O)[O-])cc3)CC2CO)cc1. The van der Waals surface area contributed by atoms with Crippen LogP contribution in [0.25, 0.3) is 0 Å². The third-order valence-electron chi connectivity index (χ3n) is 5.39. The molecule has 1 N–H and O–H groups in total. The summed E-state index contributed by atoms with van der Waals surface area (Å²) in [5.74, 6) is 0. The van der Waals surface area contributed by atoms with Gasteiger partial charge in [-0.25, -0.2) is 8.42 Å². The number of sulfonamides is 1. The number of aliphatic hydroxyl groups excluding tert-OH is 1. The molecule has 0 bridgehead atoms. The van der Waals surface area contributed by atoms with Gasteiger partial charge >= 0.3 is 0 Å². The van der Waals surface area contributed by atoms with Crippen LogP contribution in [-0.2, 0) is 15.4 Å². The molecule has 30 heavy (non-hydrogen) atoms. The van der Waals surface area contributed by atoms with Crippen molar-refractivity contribution in [2.45, 2.75) is 37.1 Å². The van der Waals surface area contributed by atoms with Gasteiger partial charge in [0, 0.05) is 37.5 Å². The van der Waals surface area contributed by atoms with Crippen molar-refractivity contribution in [1.82, 2.24) is 4.31 Å². The predicted octanol–water partition coefficient (Wildman–Crippen LogP) is 2.76. The summed E-state index contributed by atoms with van der Waals surface area (Å²) in [5.41, 5.74) is 1.72. The van der Waals surface area contributed by atoms with Gasteiger partial charge in [-0.15, -0.1) is 0 Å². The number of nitro benzene ring substituents is 1. The predicted molar refractivity (Wildman–Crippen MR) is 115 cm³/mol. The molecule has 1 heterocycles. The molecule has 8 nitrogen and oxygen atoms in total. The van der Waals surface area contributed by atoms with Gasteiger partial charge in [-0.3, -0.25) is 10.1 Å². The van der Waals surface area contributed by atoms with Gasteiger partial charge < -0.3 is 10.0 Å². The zero-order chi connectivity index (χ0) is 22.1. The monoisotopic (exact) mass is 433 g/mol. The van der Waals surface area contributed by atoms with Crippen molar-refractivity contribution >= 4 is 21.4 Å². The van der Waals surface area contributed by atoms with Gasteiger partial charge in [-0.05, 0) is 35.2 Å². The Hall–Kier alpha value is -2.49. The van der Waals surface area contributed by atoms with E-state index in [-0.39, 0.29) is 29.1 Å². The number of anilines is 1. The van der Waals surface area contributed by atoms with E-state index in [1.54, 1.807) is 24.3 Å². The van der Waals surface area contributed by atoms with E-state index in [1.807, 2.05) is 17.0 Å². The first-order chi connectivity index (χ1) is 14.0. The van der Waals surface area contributed by atoms with Crippen LogP contribution in [0.15, 0.2) is 53.4 Å². The molecule has 0 aromatic heterocycles. The van der Waals surface area contributed by atoms with Gasteiger partial charge in [0.15, 0.2) is 0 Å². The van der Waals surface area contributed by atoms with Crippen LogP contribution >= 0.6 is 0 Å². The zero-order valence-corrected chi connectivity index (χ0v) is 18.2. The van der Waals surface area contributed by atoms with Gasteiger partial charge in [-0.2, -0.15) is 4.31 Å². The van der Waals surface area contributed by atoms with Crippen LogP contribution in [0.3, 0.4) is 0 Å².